The Hall–Kier alpha value is -1.16. The number of hydrogen-bond acceptors (Lipinski definition) is 3. The number of rotatable bonds is 2. The van der Waals surface area contributed by atoms with Crippen LogP contribution in [-0.2, 0) is 6.42 Å². The highest BCUT2D eigenvalue weighted by Gasteiger charge is 2.50. The van der Waals surface area contributed by atoms with Gasteiger partial charge in [-0.3, -0.25) is 0 Å². The van der Waals surface area contributed by atoms with E-state index in [-0.39, 0.29) is 23.7 Å². The third-order valence-corrected chi connectivity index (χ3v) is 9.40. The van der Waals surface area contributed by atoms with Crippen LogP contribution in [0, 0.1) is 24.2 Å². The number of aliphatic hydroxyl groups excluding tert-OH is 2. The largest absolute Gasteiger partial charge is 0.393 e. The van der Waals surface area contributed by atoms with E-state index in [0.29, 0.717) is 23.7 Å². The van der Waals surface area contributed by atoms with E-state index in [0.717, 1.165) is 38.6 Å². The van der Waals surface area contributed by atoms with Crippen molar-refractivity contribution in [2.24, 2.45) is 17.3 Å². The van der Waals surface area contributed by atoms with Crippen LogP contribution in [0.15, 0.2) is 23.8 Å². The molecule has 8 atom stereocenters. The first-order valence-electron chi connectivity index (χ1n) is 12.2. The predicted molar refractivity (Wildman–Crippen MR) is 122 cm³/mol. The van der Waals surface area contributed by atoms with Crippen molar-refractivity contribution in [3.05, 3.63) is 46.0 Å². The summed E-state index contributed by atoms with van der Waals surface area (Å²) in [5.74, 6) is 2.16. The van der Waals surface area contributed by atoms with Crippen molar-refractivity contribution < 1.29 is 10.2 Å². The van der Waals surface area contributed by atoms with Crippen molar-refractivity contribution in [3.63, 3.8) is 0 Å². The Morgan fingerprint density at radius 1 is 1.20 bits per heavy atom. The van der Waals surface area contributed by atoms with E-state index in [1.54, 1.807) is 11.1 Å². The standard InChI is InChI=1S/C27H39NO2/c1-15-11-25(30)26(28-14-15)17(3)20-7-8-21-22-6-5-18-12-19(29)9-10-27(18,4)24(22)13-23(21)16(20)2/h5,7-8,15,17,19,22,24-26,28-30H,6,9-14H2,1-4H3/t15-,17-,19-,22-,24-,25+,26-,27-/m1/s1. The first-order chi connectivity index (χ1) is 14.3. The van der Waals surface area contributed by atoms with E-state index >= 15 is 0 Å². The van der Waals surface area contributed by atoms with E-state index in [1.807, 2.05) is 0 Å². The molecule has 4 aliphatic rings. The number of benzene rings is 1. The molecule has 1 saturated carbocycles. The topological polar surface area (TPSA) is 52.5 Å². The zero-order valence-electron chi connectivity index (χ0n) is 19.1. The summed E-state index contributed by atoms with van der Waals surface area (Å²) in [7, 11) is 0. The number of nitrogens with one attached hydrogen (secondary N) is 1. The van der Waals surface area contributed by atoms with Gasteiger partial charge in [0.15, 0.2) is 0 Å². The molecule has 2 fully saturated rings. The van der Waals surface area contributed by atoms with Gasteiger partial charge in [-0.1, -0.05) is 44.6 Å². The molecular weight excluding hydrogens is 370 g/mol. The molecule has 30 heavy (non-hydrogen) atoms. The third-order valence-electron chi connectivity index (χ3n) is 9.40. The summed E-state index contributed by atoms with van der Waals surface area (Å²) >= 11 is 0. The summed E-state index contributed by atoms with van der Waals surface area (Å²) in [5.41, 5.74) is 7.79. The number of hydrogen-bond donors (Lipinski definition) is 3. The van der Waals surface area contributed by atoms with Crippen molar-refractivity contribution >= 4 is 0 Å². The van der Waals surface area contributed by atoms with Crippen LogP contribution in [-0.4, -0.2) is 35.0 Å². The minimum atomic E-state index is -0.265. The highest BCUT2D eigenvalue weighted by atomic mass is 16.3. The van der Waals surface area contributed by atoms with E-state index in [2.05, 4.69) is 51.2 Å². The van der Waals surface area contributed by atoms with Crippen LogP contribution in [0.3, 0.4) is 0 Å². The lowest BCUT2D eigenvalue weighted by Crippen LogP contribution is -2.50. The van der Waals surface area contributed by atoms with E-state index in [4.69, 9.17) is 0 Å². The zero-order valence-corrected chi connectivity index (χ0v) is 19.1. The van der Waals surface area contributed by atoms with Crippen LogP contribution in [0.4, 0.5) is 0 Å². The molecule has 0 unspecified atom stereocenters. The Morgan fingerprint density at radius 3 is 2.77 bits per heavy atom. The Labute approximate surface area is 182 Å². The van der Waals surface area contributed by atoms with Gasteiger partial charge in [-0.2, -0.15) is 0 Å². The maximum Gasteiger partial charge on any atom is 0.0702 e. The van der Waals surface area contributed by atoms with Gasteiger partial charge >= 0.3 is 0 Å². The van der Waals surface area contributed by atoms with Crippen LogP contribution in [0.5, 0.6) is 0 Å². The number of fused-ring (bicyclic) bond motifs is 5. The first-order valence-corrected chi connectivity index (χ1v) is 12.2. The average molecular weight is 410 g/mol. The van der Waals surface area contributed by atoms with Crippen LogP contribution in [0.25, 0.3) is 0 Å². The fourth-order valence-corrected chi connectivity index (χ4v) is 7.49. The van der Waals surface area contributed by atoms with Crippen LogP contribution in [0.1, 0.15) is 87.0 Å². The van der Waals surface area contributed by atoms with Crippen molar-refractivity contribution in [2.45, 2.75) is 96.3 Å². The molecule has 5 rings (SSSR count). The van der Waals surface area contributed by atoms with Gasteiger partial charge in [0, 0.05) is 6.04 Å². The quantitative estimate of drug-likeness (QED) is 0.626. The molecule has 3 heteroatoms. The minimum Gasteiger partial charge on any atom is -0.393 e. The van der Waals surface area contributed by atoms with Gasteiger partial charge in [0.05, 0.1) is 12.2 Å². The van der Waals surface area contributed by atoms with Crippen molar-refractivity contribution in [1.29, 1.82) is 0 Å². The van der Waals surface area contributed by atoms with Crippen LogP contribution < -0.4 is 5.32 Å². The fraction of sp³-hybridized carbons (Fsp3) is 0.704. The van der Waals surface area contributed by atoms with Crippen molar-refractivity contribution in [1.82, 2.24) is 5.32 Å². The summed E-state index contributed by atoms with van der Waals surface area (Å²) < 4.78 is 0. The monoisotopic (exact) mass is 409 g/mol. The molecule has 3 aliphatic carbocycles. The zero-order chi connectivity index (χ0) is 21.2. The van der Waals surface area contributed by atoms with Gasteiger partial charge in [-0.05, 0) is 103 Å². The van der Waals surface area contributed by atoms with Gasteiger partial charge in [-0.15, -0.1) is 0 Å². The average Bonchev–Trinajstić information content (AvgIpc) is 3.09. The normalized spacial score (nSPS) is 41.5. The molecular formula is C27H39NO2. The molecule has 0 bridgehead atoms. The van der Waals surface area contributed by atoms with Gasteiger partial charge in [0.25, 0.3) is 0 Å². The number of aliphatic hydroxyl groups is 2. The second-order valence-corrected chi connectivity index (χ2v) is 11.2. The molecule has 0 spiro atoms. The van der Waals surface area contributed by atoms with E-state index in [1.165, 1.54) is 23.1 Å². The van der Waals surface area contributed by atoms with Gasteiger partial charge in [-0.25, -0.2) is 0 Å². The molecule has 3 N–H and O–H groups in total. The number of piperidine rings is 1. The van der Waals surface area contributed by atoms with Gasteiger partial charge < -0.3 is 15.5 Å². The van der Waals surface area contributed by atoms with Crippen molar-refractivity contribution in [3.8, 4) is 0 Å². The van der Waals surface area contributed by atoms with Crippen LogP contribution in [0.2, 0.25) is 0 Å². The predicted octanol–water partition coefficient (Wildman–Crippen LogP) is 4.59. The molecule has 0 radical (unpaired) electrons. The SMILES string of the molecule is Cc1c([C@@H](C)[C@H]2NC[C@H](C)C[C@@H]2O)ccc2c1C[C@@H]1[C@@H]2CC=C2C[C@H](O)CC[C@]21C. The van der Waals surface area contributed by atoms with Gasteiger partial charge in [0.2, 0.25) is 0 Å². The molecule has 1 aliphatic heterocycles. The smallest absolute Gasteiger partial charge is 0.0702 e. The Kier molecular flexibility index (Phi) is 5.16. The van der Waals surface area contributed by atoms with Crippen molar-refractivity contribution in [2.75, 3.05) is 6.54 Å². The molecule has 3 nitrogen and oxygen atoms in total. The molecule has 1 aromatic rings. The molecule has 1 aromatic carbocycles. The highest BCUT2D eigenvalue weighted by molar-refractivity contribution is 5.49. The molecule has 0 amide bonds. The second-order valence-electron chi connectivity index (χ2n) is 11.2. The van der Waals surface area contributed by atoms with Gasteiger partial charge in [0.1, 0.15) is 0 Å². The molecule has 1 saturated heterocycles. The first kappa shape index (κ1) is 20.7. The Balaban J connectivity index is 1.44. The maximum absolute atomic E-state index is 10.7. The maximum atomic E-state index is 10.7. The lowest BCUT2D eigenvalue weighted by atomic mass is 9.57. The number of allylic oxidation sites excluding steroid dienone is 1. The highest BCUT2D eigenvalue weighted by Crippen LogP contribution is 2.60. The summed E-state index contributed by atoms with van der Waals surface area (Å²) in [4.78, 5) is 0. The van der Waals surface area contributed by atoms with Crippen LogP contribution >= 0.6 is 0 Å². The lowest BCUT2D eigenvalue weighted by molar-refractivity contribution is 0.0656. The third kappa shape index (κ3) is 3.12. The van der Waals surface area contributed by atoms with E-state index in [9.17, 15) is 10.2 Å². The summed E-state index contributed by atoms with van der Waals surface area (Å²) in [6, 6.07) is 4.92. The summed E-state index contributed by atoms with van der Waals surface area (Å²) in [5, 5.41) is 24.6. The molecule has 0 aromatic heterocycles. The fourth-order valence-electron chi connectivity index (χ4n) is 7.49. The summed E-state index contributed by atoms with van der Waals surface area (Å²) in [6.45, 7) is 10.3. The Morgan fingerprint density at radius 2 is 2.00 bits per heavy atom. The molecule has 164 valence electrons. The second kappa shape index (κ2) is 7.46. The summed E-state index contributed by atoms with van der Waals surface area (Å²) in [6.07, 6.45) is 8.20. The minimum absolute atomic E-state index is 0.143. The van der Waals surface area contributed by atoms with E-state index < -0.39 is 0 Å². The lowest BCUT2D eigenvalue weighted by Gasteiger charge is -2.48. The Bertz CT molecular complexity index is 861. The molecule has 1 heterocycles.